The lowest BCUT2D eigenvalue weighted by molar-refractivity contribution is 1.01. The van der Waals surface area contributed by atoms with Crippen molar-refractivity contribution < 1.29 is 0 Å². The fraction of sp³-hybridized carbons (Fsp3) is 0.111. The predicted molar refractivity (Wildman–Crippen MR) is 61.9 cm³/mol. The molecule has 0 unspecified atom stereocenters. The van der Waals surface area contributed by atoms with Crippen molar-refractivity contribution in [1.82, 2.24) is 15.0 Å². The average Bonchev–Trinajstić information content (AvgIpc) is 2.59. The van der Waals surface area contributed by atoms with Crippen molar-refractivity contribution in [3.05, 3.63) is 28.0 Å². The number of aromatic nitrogens is 3. The molecule has 0 aromatic carbocycles. The van der Waals surface area contributed by atoms with Crippen molar-refractivity contribution in [2.75, 3.05) is 5.32 Å². The van der Waals surface area contributed by atoms with Crippen LogP contribution in [0.4, 0.5) is 5.82 Å². The van der Waals surface area contributed by atoms with E-state index in [9.17, 15) is 0 Å². The molecule has 0 radical (unpaired) electrons. The first-order chi connectivity index (χ1) is 6.84. The van der Waals surface area contributed by atoms with Crippen LogP contribution in [0.2, 0.25) is 0 Å². The summed E-state index contributed by atoms with van der Waals surface area (Å²) in [5.41, 5.74) is 3.49. The van der Waals surface area contributed by atoms with Crippen molar-refractivity contribution in [3.63, 3.8) is 0 Å². The van der Waals surface area contributed by atoms with Crippen LogP contribution in [0.1, 0.15) is 5.69 Å². The van der Waals surface area contributed by atoms with Gasteiger partial charge in [-0.2, -0.15) is 0 Å². The Kier molecular flexibility index (Phi) is 1.73. The fourth-order valence-electron chi connectivity index (χ4n) is 1.68. The van der Waals surface area contributed by atoms with Gasteiger partial charge in [0, 0.05) is 23.0 Å². The number of rotatable bonds is 0. The first kappa shape index (κ1) is 8.22. The summed E-state index contributed by atoms with van der Waals surface area (Å²) in [6, 6.07) is 2.12. The SMILES string of the molecule is Ic1cc2c([nH]1)CNc1ncncc1-2. The van der Waals surface area contributed by atoms with Gasteiger partial charge in [0.2, 0.25) is 0 Å². The molecular weight excluding hydrogens is 291 g/mol. The van der Waals surface area contributed by atoms with Crippen LogP contribution in [-0.4, -0.2) is 15.0 Å². The first-order valence-corrected chi connectivity index (χ1v) is 5.34. The van der Waals surface area contributed by atoms with E-state index in [1.807, 2.05) is 6.20 Å². The Morgan fingerprint density at radius 1 is 1.36 bits per heavy atom. The zero-order valence-corrected chi connectivity index (χ0v) is 9.37. The standard InChI is InChI=1S/C9H7IN4/c10-8-1-5-6-2-11-4-13-9(6)12-3-7(5)14-8/h1-2,4,14H,3H2,(H,11,12,13). The highest BCUT2D eigenvalue weighted by Crippen LogP contribution is 2.33. The molecule has 3 rings (SSSR count). The Labute approximate surface area is 94.3 Å². The molecule has 3 heterocycles. The third-order valence-corrected chi connectivity index (χ3v) is 2.88. The molecule has 0 amide bonds. The molecule has 2 aromatic heterocycles. The molecule has 4 nitrogen and oxygen atoms in total. The monoisotopic (exact) mass is 298 g/mol. The maximum Gasteiger partial charge on any atom is 0.137 e. The lowest BCUT2D eigenvalue weighted by Crippen LogP contribution is -2.09. The van der Waals surface area contributed by atoms with Gasteiger partial charge in [0.25, 0.3) is 0 Å². The molecule has 0 spiro atoms. The highest BCUT2D eigenvalue weighted by molar-refractivity contribution is 14.1. The summed E-state index contributed by atoms with van der Waals surface area (Å²) in [4.78, 5) is 11.5. The molecule has 0 fully saturated rings. The third-order valence-electron chi connectivity index (χ3n) is 2.30. The van der Waals surface area contributed by atoms with Crippen LogP contribution in [0.25, 0.3) is 11.1 Å². The van der Waals surface area contributed by atoms with Crippen molar-refractivity contribution >= 4 is 28.4 Å². The van der Waals surface area contributed by atoms with Gasteiger partial charge < -0.3 is 10.3 Å². The van der Waals surface area contributed by atoms with Crippen LogP contribution >= 0.6 is 22.6 Å². The number of hydrogen-bond donors (Lipinski definition) is 2. The molecule has 0 saturated carbocycles. The minimum Gasteiger partial charge on any atom is -0.364 e. The van der Waals surface area contributed by atoms with Gasteiger partial charge in [0.15, 0.2) is 0 Å². The Hall–Kier alpha value is -1.11. The van der Waals surface area contributed by atoms with Crippen LogP contribution in [0.5, 0.6) is 0 Å². The van der Waals surface area contributed by atoms with Gasteiger partial charge in [-0.1, -0.05) is 0 Å². The van der Waals surface area contributed by atoms with E-state index in [1.54, 1.807) is 6.33 Å². The van der Waals surface area contributed by atoms with Gasteiger partial charge in [-0.05, 0) is 28.7 Å². The van der Waals surface area contributed by atoms with Crippen LogP contribution in [0, 0.1) is 3.70 Å². The van der Waals surface area contributed by atoms with E-state index in [-0.39, 0.29) is 0 Å². The molecule has 1 aliphatic rings. The fourth-order valence-corrected chi connectivity index (χ4v) is 2.32. The van der Waals surface area contributed by atoms with Gasteiger partial charge in [0.05, 0.1) is 10.2 Å². The Bertz CT molecular complexity index is 491. The summed E-state index contributed by atoms with van der Waals surface area (Å²) in [6.45, 7) is 0.808. The van der Waals surface area contributed by atoms with Crippen molar-refractivity contribution in [2.24, 2.45) is 0 Å². The molecule has 0 saturated heterocycles. The molecular formula is C9H7IN4. The van der Waals surface area contributed by atoms with Crippen molar-refractivity contribution in [1.29, 1.82) is 0 Å². The van der Waals surface area contributed by atoms with E-state index < -0.39 is 0 Å². The zero-order chi connectivity index (χ0) is 9.54. The summed E-state index contributed by atoms with van der Waals surface area (Å²) >= 11 is 2.28. The minimum atomic E-state index is 0.808. The summed E-state index contributed by atoms with van der Waals surface area (Å²) in [6.07, 6.45) is 3.41. The smallest absolute Gasteiger partial charge is 0.137 e. The lowest BCUT2D eigenvalue weighted by atomic mass is 10.1. The maximum absolute atomic E-state index is 4.19. The van der Waals surface area contributed by atoms with Crippen LogP contribution in [0.3, 0.4) is 0 Å². The van der Waals surface area contributed by atoms with Gasteiger partial charge in [0.1, 0.15) is 12.1 Å². The van der Waals surface area contributed by atoms with Crippen LogP contribution in [-0.2, 0) is 6.54 Å². The number of nitrogens with zero attached hydrogens (tertiary/aromatic N) is 2. The number of H-pyrrole nitrogens is 1. The van der Waals surface area contributed by atoms with E-state index in [2.05, 4.69) is 48.9 Å². The first-order valence-electron chi connectivity index (χ1n) is 4.26. The molecule has 0 atom stereocenters. The van der Waals surface area contributed by atoms with Gasteiger partial charge in [-0.25, -0.2) is 9.97 Å². The quantitative estimate of drug-likeness (QED) is 0.731. The number of fused-ring (bicyclic) bond motifs is 3. The van der Waals surface area contributed by atoms with Crippen LogP contribution < -0.4 is 5.32 Å². The second-order valence-electron chi connectivity index (χ2n) is 3.15. The number of hydrogen-bond acceptors (Lipinski definition) is 3. The minimum absolute atomic E-state index is 0.808. The Balaban J connectivity index is 2.28. The highest BCUT2D eigenvalue weighted by atomic mass is 127. The van der Waals surface area contributed by atoms with E-state index >= 15 is 0 Å². The van der Waals surface area contributed by atoms with Gasteiger partial charge >= 0.3 is 0 Å². The summed E-state index contributed by atoms with van der Waals surface area (Å²) in [5, 5.41) is 3.25. The average molecular weight is 298 g/mol. The second-order valence-corrected chi connectivity index (χ2v) is 4.31. The van der Waals surface area contributed by atoms with E-state index in [0.29, 0.717) is 0 Å². The number of aromatic amines is 1. The molecule has 2 aromatic rings. The van der Waals surface area contributed by atoms with E-state index in [1.165, 1.54) is 11.3 Å². The number of halogens is 1. The van der Waals surface area contributed by atoms with Gasteiger partial charge in [-0.15, -0.1) is 0 Å². The summed E-state index contributed by atoms with van der Waals surface area (Å²) < 4.78 is 1.14. The summed E-state index contributed by atoms with van der Waals surface area (Å²) in [7, 11) is 0. The van der Waals surface area contributed by atoms with Crippen molar-refractivity contribution in [2.45, 2.75) is 6.54 Å². The predicted octanol–water partition coefficient (Wildman–Crippen LogP) is 2.00. The topological polar surface area (TPSA) is 53.6 Å². The number of nitrogens with one attached hydrogen (secondary N) is 2. The second kappa shape index (κ2) is 2.94. The van der Waals surface area contributed by atoms with Gasteiger partial charge in [-0.3, -0.25) is 0 Å². The van der Waals surface area contributed by atoms with E-state index in [0.717, 1.165) is 21.6 Å². The molecule has 70 valence electrons. The largest absolute Gasteiger partial charge is 0.364 e. The van der Waals surface area contributed by atoms with Crippen LogP contribution in [0.15, 0.2) is 18.6 Å². The third kappa shape index (κ3) is 1.12. The lowest BCUT2D eigenvalue weighted by Gasteiger charge is -2.15. The molecule has 0 aliphatic carbocycles. The normalized spacial score (nSPS) is 12.9. The van der Waals surface area contributed by atoms with Crippen molar-refractivity contribution in [3.8, 4) is 11.1 Å². The molecule has 14 heavy (non-hydrogen) atoms. The molecule has 2 N–H and O–H groups in total. The number of anilines is 1. The maximum atomic E-state index is 4.19. The highest BCUT2D eigenvalue weighted by Gasteiger charge is 2.18. The Morgan fingerprint density at radius 3 is 3.21 bits per heavy atom. The molecule has 1 aliphatic heterocycles. The Morgan fingerprint density at radius 2 is 2.29 bits per heavy atom. The molecule has 0 bridgehead atoms. The summed E-state index contributed by atoms with van der Waals surface area (Å²) in [5.74, 6) is 0.919. The zero-order valence-electron chi connectivity index (χ0n) is 7.21. The molecule has 5 heteroatoms. The van der Waals surface area contributed by atoms with E-state index in [4.69, 9.17) is 0 Å².